The van der Waals surface area contributed by atoms with Crippen LogP contribution in [0.15, 0.2) is 34.9 Å². The van der Waals surface area contributed by atoms with Gasteiger partial charge in [-0.25, -0.2) is 0 Å². The molecule has 0 bridgehead atoms. The van der Waals surface area contributed by atoms with Crippen molar-refractivity contribution in [2.24, 2.45) is 0 Å². The van der Waals surface area contributed by atoms with Gasteiger partial charge in [-0.3, -0.25) is 10.1 Å². The molecule has 0 saturated heterocycles. The maximum Gasteiger partial charge on any atom is 0.269 e. The minimum absolute atomic E-state index is 0.0446. The lowest BCUT2D eigenvalue weighted by Gasteiger charge is -1.97. The fourth-order valence-corrected chi connectivity index (χ4v) is 1.56. The molecule has 2 rings (SSSR count). The van der Waals surface area contributed by atoms with Gasteiger partial charge >= 0.3 is 0 Å². The Labute approximate surface area is 96.6 Å². The van der Waals surface area contributed by atoms with Gasteiger partial charge in [0.2, 0.25) is 0 Å². The summed E-state index contributed by atoms with van der Waals surface area (Å²) in [7, 11) is 0. The van der Waals surface area contributed by atoms with Crippen molar-refractivity contribution in [3.8, 4) is 11.3 Å². The zero-order valence-electron chi connectivity index (χ0n) is 8.44. The molecule has 82 valence electrons. The standard InChI is InChI=1S/C11H8ClNO3/c1-7-6-16-11(10(7)12)8-2-4-9(5-3-8)13(14)15/h2-6H,1H3. The number of nitro benzene ring substituents is 1. The number of rotatable bonds is 2. The summed E-state index contributed by atoms with van der Waals surface area (Å²) in [5, 5.41) is 11.0. The SMILES string of the molecule is Cc1coc(-c2ccc([N+](=O)[O-])cc2)c1Cl. The first kappa shape index (κ1) is 10.7. The van der Waals surface area contributed by atoms with Crippen molar-refractivity contribution in [2.75, 3.05) is 0 Å². The molecule has 4 nitrogen and oxygen atoms in total. The van der Waals surface area contributed by atoms with E-state index in [4.69, 9.17) is 16.0 Å². The van der Waals surface area contributed by atoms with Crippen molar-refractivity contribution in [1.82, 2.24) is 0 Å². The highest BCUT2D eigenvalue weighted by Gasteiger charge is 2.12. The van der Waals surface area contributed by atoms with E-state index in [2.05, 4.69) is 0 Å². The molecule has 1 aromatic carbocycles. The molecule has 0 spiro atoms. The Bertz CT molecular complexity index is 531. The largest absolute Gasteiger partial charge is 0.462 e. The van der Waals surface area contributed by atoms with Gasteiger partial charge in [-0.15, -0.1) is 0 Å². The summed E-state index contributed by atoms with van der Waals surface area (Å²) in [4.78, 5) is 10.0. The zero-order valence-corrected chi connectivity index (χ0v) is 9.19. The highest BCUT2D eigenvalue weighted by molar-refractivity contribution is 6.33. The fourth-order valence-electron chi connectivity index (χ4n) is 1.36. The van der Waals surface area contributed by atoms with Crippen LogP contribution in [0, 0.1) is 17.0 Å². The molecule has 0 aliphatic carbocycles. The van der Waals surface area contributed by atoms with Gasteiger partial charge in [0, 0.05) is 23.3 Å². The smallest absolute Gasteiger partial charge is 0.269 e. The molecule has 0 amide bonds. The second-order valence-corrected chi connectivity index (χ2v) is 3.74. The second kappa shape index (κ2) is 3.98. The molecule has 0 atom stereocenters. The average Bonchev–Trinajstić information content (AvgIpc) is 2.60. The Morgan fingerprint density at radius 1 is 1.31 bits per heavy atom. The van der Waals surface area contributed by atoms with Crippen LogP contribution in [0.5, 0.6) is 0 Å². The first-order chi connectivity index (χ1) is 7.59. The molecule has 0 radical (unpaired) electrons. The van der Waals surface area contributed by atoms with E-state index < -0.39 is 4.92 Å². The number of halogens is 1. The number of hydrogen-bond donors (Lipinski definition) is 0. The summed E-state index contributed by atoms with van der Waals surface area (Å²) in [5.41, 5.74) is 1.61. The molecule has 0 unspecified atom stereocenters. The van der Waals surface area contributed by atoms with Crippen molar-refractivity contribution in [3.63, 3.8) is 0 Å². The van der Waals surface area contributed by atoms with Crippen molar-refractivity contribution in [1.29, 1.82) is 0 Å². The average molecular weight is 238 g/mol. The predicted octanol–water partition coefficient (Wildman–Crippen LogP) is 3.82. The molecule has 1 aromatic heterocycles. The summed E-state index contributed by atoms with van der Waals surface area (Å²) >= 11 is 6.02. The van der Waals surface area contributed by atoms with Crippen LogP contribution < -0.4 is 0 Å². The third kappa shape index (κ3) is 1.79. The number of nitro groups is 1. The molecule has 0 aliphatic rings. The van der Waals surface area contributed by atoms with E-state index in [1.807, 2.05) is 6.92 Å². The number of aryl methyl sites for hydroxylation is 1. The number of benzene rings is 1. The van der Waals surface area contributed by atoms with Crippen molar-refractivity contribution < 1.29 is 9.34 Å². The summed E-state index contributed by atoms with van der Waals surface area (Å²) < 4.78 is 5.28. The van der Waals surface area contributed by atoms with E-state index in [1.54, 1.807) is 18.4 Å². The second-order valence-electron chi connectivity index (χ2n) is 3.37. The van der Waals surface area contributed by atoms with Crippen molar-refractivity contribution in [3.05, 3.63) is 51.2 Å². The summed E-state index contributed by atoms with van der Waals surface area (Å²) in [5.74, 6) is 0.536. The van der Waals surface area contributed by atoms with Gasteiger partial charge < -0.3 is 4.42 Å². The fraction of sp³-hybridized carbons (Fsp3) is 0.0909. The Morgan fingerprint density at radius 3 is 2.38 bits per heavy atom. The third-order valence-electron chi connectivity index (χ3n) is 2.24. The molecule has 16 heavy (non-hydrogen) atoms. The van der Waals surface area contributed by atoms with Gasteiger partial charge in [-0.05, 0) is 19.1 Å². The third-order valence-corrected chi connectivity index (χ3v) is 2.71. The van der Waals surface area contributed by atoms with E-state index >= 15 is 0 Å². The van der Waals surface area contributed by atoms with Crippen molar-refractivity contribution >= 4 is 17.3 Å². The van der Waals surface area contributed by atoms with Gasteiger partial charge in [0.15, 0.2) is 5.76 Å². The first-order valence-electron chi connectivity index (χ1n) is 4.58. The Balaban J connectivity index is 2.42. The monoisotopic (exact) mass is 237 g/mol. The summed E-state index contributed by atoms with van der Waals surface area (Å²) in [6.07, 6.45) is 1.55. The normalized spacial score (nSPS) is 10.4. The number of nitrogens with zero attached hydrogens (tertiary/aromatic N) is 1. The molecule has 1 heterocycles. The van der Waals surface area contributed by atoms with Crippen LogP contribution in [0.1, 0.15) is 5.56 Å². The maximum atomic E-state index is 10.5. The van der Waals surface area contributed by atoms with Crippen molar-refractivity contribution in [2.45, 2.75) is 6.92 Å². The Kier molecular flexibility index (Phi) is 2.66. The van der Waals surface area contributed by atoms with Gasteiger partial charge in [0.1, 0.15) is 0 Å². The van der Waals surface area contributed by atoms with Gasteiger partial charge in [-0.2, -0.15) is 0 Å². The highest BCUT2D eigenvalue weighted by atomic mass is 35.5. The van der Waals surface area contributed by atoms with Crippen LogP contribution in [0.2, 0.25) is 5.02 Å². The van der Waals surface area contributed by atoms with Crippen LogP contribution >= 0.6 is 11.6 Å². The van der Waals surface area contributed by atoms with Crippen LogP contribution in [-0.4, -0.2) is 4.92 Å². The lowest BCUT2D eigenvalue weighted by Crippen LogP contribution is -1.86. The number of furan rings is 1. The molecule has 5 heteroatoms. The number of hydrogen-bond acceptors (Lipinski definition) is 3. The van der Waals surface area contributed by atoms with Gasteiger partial charge in [0.05, 0.1) is 16.2 Å². The molecule has 0 fully saturated rings. The molecule has 0 N–H and O–H groups in total. The lowest BCUT2D eigenvalue weighted by atomic mass is 10.1. The van der Waals surface area contributed by atoms with E-state index in [1.165, 1.54) is 12.1 Å². The van der Waals surface area contributed by atoms with Crippen LogP contribution in [0.4, 0.5) is 5.69 Å². The van der Waals surface area contributed by atoms with Crippen LogP contribution in [0.3, 0.4) is 0 Å². The zero-order chi connectivity index (χ0) is 11.7. The highest BCUT2D eigenvalue weighted by Crippen LogP contribution is 2.32. The lowest BCUT2D eigenvalue weighted by molar-refractivity contribution is -0.384. The summed E-state index contributed by atoms with van der Waals surface area (Å²) in [6.45, 7) is 1.83. The summed E-state index contributed by atoms with van der Waals surface area (Å²) in [6, 6.07) is 6.07. The maximum absolute atomic E-state index is 10.5. The van der Waals surface area contributed by atoms with Gasteiger partial charge in [-0.1, -0.05) is 11.6 Å². The van der Waals surface area contributed by atoms with E-state index in [0.29, 0.717) is 10.8 Å². The molecule has 0 saturated carbocycles. The molecule has 2 aromatic rings. The van der Waals surface area contributed by atoms with E-state index in [0.717, 1.165) is 11.1 Å². The topological polar surface area (TPSA) is 56.3 Å². The minimum atomic E-state index is -0.446. The van der Waals surface area contributed by atoms with Crippen LogP contribution in [0.25, 0.3) is 11.3 Å². The first-order valence-corrected chi connectivity index (χ1v) is 4.96. The van der Waals surface area contributed by atoms with E-state index in [-0.39, 0.29) is 5.69 Å². The minimum Gasteiger partial charge on any atom is -0.462 e. The van der Waals surface area contributed by atoms with E-state index in [9.17, 15) is 10.1 Å². The molecule has 0 aliphatic heterocycles. The predicted molar refractivity (Wildman–Crippen MR) is 60.5 cm³/mol. The quantitative estimate of drug-likeness (QED) is 0.589. The Hall–Kier alpha value is -1.81. The van der Waals surface area contributed by atoms with Gasteiger partial charge in [0.25, 0.3) is 5.69 Å². The number of non-ortho nitro benzene ring substituents is 1. The molecular formula is C11H8ClNO3. The van der Waals surface area contributed by atoms with Crippen LogP contribution in [-0.2, 0) is 0 Å². The molecular weight excluding hydrogens is 230 g/mol. The Morgan fingerprint density at radius 2 is 1.94 bits per heavy atom.